The molecule has 1 N–H and O–H groups in total. The Bertz CT molecular complexity index is 1680. The summed E-state index contributed by atoms with van der Waals surface area (Å²) in [7, 11) is -1.39. The van der Waals surface area contributed by atoms with Gasteiger partial charge < -0.3 is 19.7 Å². The molecule has 0 saturated heterocycles. The van der Waals surface area contributed by atoms with E-state index in [0.29, 0.717) is 17.3 Å². The number of benzene rings is 4. The lowest BCUT2D eigenvalue weighted by Gasteiger charge is -2.34. The van der Waals surface area contributed by atoms with Gasteiger partial charge in [0.1, 0.15) is 24.1 Å². The molecule has 4 aromatic carbocycles. The Morgan fingerprint density at radius 1 is 0.822 bits per heavy atom. The number of hydrogen-bond acceptors (Lipinski definition) is 6. The fourth-order valence-electron chi connectivity index (χ4n) is 4.86. The van der Waals surface area contributed by atoms with Crippen molar-refractivity contribution in [2.45, 2.75) is 30.8 Å². The van der Waals surface area contributed by atoms with Gasteiger partial charge in [-0.1, -0.05) is 66.2 Å². The van der Waals surface area contributed by atoms with E-state index >= 15 is 0 Å². The van der Waals surface area contributed by atoms with Gasteiger partial charge in [-0.3, -0.25) is 13.9 Å². The highest BCUT2D eigenvalue weighted by molar-refractivity contribution is 7.92. The molecule has 0 spiro atoms. The van der Waals surface area contributed by atoms with Gasteiger partial charge in [-0.05, 0) is 66.6 Å². The number of nitrogens with zero attached hydrogens (tertiary/aromatic N) is 2. The number of anilines is 1. The van der Waals surface area contributed by atoms with Crippen LogP contribution in [-0.4, -0.2) is 58.5 Å². The second-order valence-corrected chi connectivity index (χ2v) is 12.4. The average molecular weight is 650 g/mol. The van der Waals surface area contributed by atoms with E-state index in [2.05, 4.69) is 5.32 Å². The molecule has 0 aliphatic heterocycles. The number of likely N-dealkylation sites (N-methyl/N-ethyl adjacent to an activating group) is 1. The predicted octanol–water partition coefficient (Wildman–Crippen LogP) is 5.33. The Balaban J connectivity index is 1.81. The van der Waals surface area contributed by atoms with Gasteiger partial charge in [-0.25, -0.2) is 8.42 Å². The maximum absolute atomic E-state index is 14.5. The summed E-state index contributed by atoms with van der Waals surface area (Å²) in [5.41, 5.74) is 1.74. The summed E-state index contributed by atoms with van der Waals surface area (Å²) >= 11 is 6.13. The van der Waals surface area contributed by atoms with E-state index < -0.39 is 28.5 Å². The third-order valence-corrected chi connectivity index (χ3v) is 9.19. The van der Waals surface area contributed by atoms with Crippen molar-refractivity contribution in [3.05, 3.63) is 119 Å². The number of hydrogen-bond donors (Lipinski definition) is 1. The highest BCUT2D eigenvalue weighted by Crippen LogP contribution is 2.33. The minimum Gasteiger partial charge on any atom is -0.497 e. The lowest BCUT2D eigenvalue weighted by atomic mass is 10.0. The Kier molecular flexibility index (Phi) is 11.5. The van der Waals surface area contributed by atoms with Crippen molar-refractivity contribution >= 4 is 39.1 Å². The molecule has 45 heavy (non-hydrogen) atoms. The highest BCUT2D eigenvalue weighted by Gasteiger charge is 2.35. The third kappa shape index (κ3) is 8.34. The fourth-order valence-corrected chi connectivity index (χ4v) is 6.41. The van der Waals surface area contributed by atoms with Gasteiger partial charge in [0.2, 0.25) is 11.8 Å². The summed E-state index contributed by atoms with van der Waals surface area (Å²) in [4.78, 5) is 29.4. The minimum absolute atomic E-state index is 0.0347. The highest BCUT2D eigenvalue weighted by atomic mass is 35.5. The number of methoxy groups -OCH3 is 2. The van der Waals surface area contributed by atoms with Gasteiger partial charge >= 0.3 is 0 Å². The number of para-hydroxylation sites is 2. The van der Waals surface area contributed by atoms with Gasteiger partial charge in [0.25, 0.3) is 10.0 Å². The number of halogens is 1. The third-order valence-electron chi connectivity index (χ3n) is 7.17. The van der Waals surface area contributed by atoms with E-state index in [1.54, 1.807) is 55.5 Å². The van der Waals surface area contributed by atoms with Crippen LogP contribution < -0.4 is 19.1 Å². The largest absolute Gasteiger partial charge is 0.497 e. The molecule has 2 amide bonds. The van der Waals surface area contributed by atoms with Crippen molar-refractivity contribution < 1.29 is 27.5 Å². The van der Waals surface area contributed by atoms with Crippen LogP contribution >= 0.6 is 11.6 Å². The smallest absolute Gasteiger partial charge is 0.264 e. The van der Waals surface area contributed by atoms with Gasteiger partial charge in [0.15, 0.2) is 0 Å². The second kappa shape index (κ2) is 15.5. The van der Waals surface area contributed by atoms with Crippen LogP contribution in [0, 0.1) is 0 Å². The van der Waals surface area contributed by atoms with Crippen LogP contribution in [0.5, 0.6) is 11.5 Å². The molecule has 0 unspecified atom stereocenters. The molecule has 0 aliphatic carbocycles. The minimum atomic E-state index is -4.30. The van der Waals surface area contributed by atoms with Crippen LogP contribution in [0.1, 0.15) is 18.1 Å². The van der Waals surface area contributed by atoms with Gasteiger partial charge in [0.05, 0.1) is 24.8 Å². The standard InChI is InChI=1S/C34H36ClN3O6S/c1-4-36-34(40)31(22-25-10-6-5-7-11-25)37(23-26-14-16-27(35)17-15-26)33(39)24-38(30-12-8-9-13-32(30)44-3)45(41,42)29-20-18-28(43-2)19-21-29/h5-21,31H,4,22-24H2,1-3H3,(H,36,40)/t31-/m1/s1. The first-order valence-electron chi connectivity index (χ1n) is 14.3. The molecular formula is C34H36ClN3O6S. The molecule has 0 bridgehead atoms. The topological polar surface area (TPSA) is 105 Å². The Hall–Kier alpha value is -4.54. The first kappa shape index (κ1) is 33.4. The Labute approximate surface area is 269 Å². The van der Waals surface area contributed by atoms with Crippen molar-refractivity contribution in [3.63, 3.8) is 0 Å². The summed E-state index contributed by atoms with van der Waals surface area (Å²) in [6.07, 6.45) is 0.214. The van der Waals surface area contributed by atoms with Crippen molar-refractivity contribution in [3.8, 4) is 11.5 Å². The van der Waals surface area contributed by atoms with E-state index in [4.69, 9.17) is 21.1 Å². The maximum atomic E-state index is 14.5. The van der Waals surface area contributed by atoms with Gasteiger partial charge in [-0.2, -0.15) is 0 Å². The maximum Gasteiger partial charge on any atom is 0.264 e. The molecule has 4 aromatic rings. The van der Waals surface area contributed by atoms with E-state index in [1.165, 1.54) is 43.4 Å². The first-order valence-corrected chi connectivity index (χ1v) is 16.1. The molecule has 0 aliphatic rings. The van der Waals surface area contributed by atoms with Crippen molar-refractivity contribution in [2.24, 2.45) is 0 Å². The van der Waals surface area contributed by atoms with Crippen molar-refractivity contribution in [2.75, 3.05) is 31.6 Å². The summed E-state index contributed by atoms with van der Waals surface area (Å²) in [6.45, 7) is 1.58. The number of amides is 2. The summed E-state index contributed by atoms with van der Waals surface area (Å²) < 4.78 is 40.2. The molecule has 0 radical (unpaired) electrons. The van der Waals surface area contributed by atoms with Gasteiger partial charge in [-0.15, -0.1) is 0 Å². The Morgan fingerprint density at radius 2 is 1.47 bits per heavy atom. The molecule has 11 heteroatoms. The molecule has 1 atom stereocenters. The number of ether oxygens (including phenoxy) is 2. The number of rotatable bonds is 14. The zero-order valence-corrected chi connectivity index (χ0v) is 26.9. The summed E-state index contributed by atoms with van der Waals surface area (Å²) in [6, 6.07) is 27.8. The van der Waals surface area contributed by atoms with Crippen LogP contribution in [0.25, 0.3) is 0 Å². The lowest BCUT2D eigenvalue weighted by Crippen LogP contribution is -2.53. The molecule has 0 aromatic heterocycles. The Morgan fingerprint density at radius 3 is 2.09 bits per heavy atom. The van der Waals surface area contributed by atoms with E-state index in [1.807, 2.05) is 30.3 Å². The predicted molar refractivity (Wildman–Crippen MR) is 175 cm³/mol. The number of carbonyl (C=O) groups is 2. The summed E-state index contributed by atoms with van der Waals surface area (Å²) in [5, 5.41) is 3.37. The molecule has 4 rings (SSSR count). The SMILES string of the molecule is CCNC(=O)[C@@H](Cc1ccccc1)N(Cc1ccc(Cl)cc1)C(=O)CN(c1ccccc1OC)S(=O)(=O)c1ccc(OC)cc1. The van der Waals surface area contributed by atoms with E-state index in [0.717, 1.165) is 15.4 Å². The molecule has 0 heterocycles. The number of sulfonamides is 1. The number of nitrogens with one attached hydrogen (secondary N) is 1. The van der Waals surface area contributed by atoms with Crippen LogP contribution in [0.4, 0.5) is 5.69 Å². The zero-order valence-electron chi connectivity index (χ0n) is 25.4. The van der Waals surface area contributed by atoms with E-state index in [9.17, 15) is 18.0 Å². The molecule has 9 nitrogen and oxygen atoms in total. The van der Waals surface area contributed by atoms with Crippen LogP contribution in [-0.2, 0) is 32.6 Å². The normalized spacial score (nSPS) is 11.7. The monoisotopic (exact) mass is 649 g/mol. The molecular weight excluding hydrogens is 614 g/mol. The zero-order chi connectivity index (χ0) is 32.4. The molecule has 0 saturated carbocycles. The first-order chi connectivity index (χ1) is 21.7. The van der Waals surface area contributed by atoms with Crippen molar-refractivity contribution in [1.29, 1.82) is 0 Å². The lowest BCUT2D eigenvalue weighted by molar-refractivity contribution is -0.140. The van der Waals surface area contributed by atoms with Crippen LogP contribution in [0.15, 0.2) is 108 Å². The quantitative estimate of drug-likeness (QED) is 0.198. The van der Waals surface area contributed by atoms with Gasteiger partial charge in [0, 0.05) is 24.5 Å². The summed E-state index contributed by atoms with van der Waals surface area (Å²) in [5.74, 6) is -0.199. The van der Waals surface area contributed by atoms with Crippen molar-refractivity contribution in [1.82, 2.24) is 10.2 Å². The van der Waals surface area contributed by atoms with Crippen LogP contribution in [0.3, 0.4) is 0 Å². The second-order valence-electron chi connectivity index (χ2n) is 10.1. The van der Waals surface area contributed by atoms with E-state index in [-0.39, 0.29) is 35.2 Å². The number of carbonyl (C=O) groups excluding carboxylic acids is 2. The van der Waals surface area contributed by atoms with Crippen LogP contribution in [0.2, 0.25) is 5.02 Å². The molecule has 236 valence electrons. The fraction of sp³-hybridized carbons (Fsp3) is 0.235. The molecule has 0 fully saturated rings. The average Bonchev–Trinajstić information content (AvgIpc) is 3.06.